The third-order valence-corrected chi connectivity index (χ3v) is 6.61. The van der Waals surface area contributed by atoms with E-state index in [0.29, 0.717) is 17.3 Å². The van der Waals surface area contributed by atoms with E-state index in [4.69, 9.17) is 9.47 Å². The molecule has 0 radical (unpaired) electrons. The van der Waals surface area contributed by atoms with Crippen molar-refractivity contribution in [3.63, 3.8) is 0 Å². The monoisotopic (exact) mass is 461 g/mol. The van der Waals surface area contributed by atoms with Crippen LogP contribution >= 0.6 is 11.8 Å². The number of aromatic nitrogens is 4. The van der Waals surface area contributed by atoms with Gasteiger partial charge in [-0.2, -0.15) is 10.2 Å². The molecule has 5 rings (SSSR count). The third-order valence-electron chi connectivity index (χ3n) is 5.65. The molecule has 168 valence electrons. The first-order valence-electron chi connectivity index (χ1n) is 10.6. The van der Waals surface area contributed by atoms with Crippen LogP contribution < -0.4 is 14.8 Å². The minimum absolute atomic E-state index is 0.0922. The van der Waals surface area contributed by atoms with Gasteiger partial charge in [0, 0.05) is 11.9 Å². The van der Waals surface area contributed by atoms with Gasteiger partial charge in [0.1, 0.15) is 10.5 Å². The Bertz CT molecular complexity index is 1370. The third kappa shape index (κ3) is 4.23. The molecule has 0 saturated carbocycles. The van der Waals surface area contributed by atoms with Crippen LogP contribution in [0.3, 0.4) is 0 Å². The highest BCUT2D eigenvalue weighted by molar-refractivity contribution is 8.00. The number of nitrogens with zero attached hydrogens (tertiary/aromatic N) is 4. The van der Waals surface area contributed by atoms with Crippen LogP contribution in [0.2, 0.25) is 0 Å². The van der Waals surface area contributed by atoms with Crippen LogP contribution in [0.4, 0.5) is 0 Å². The first kappa shape index (κ1) is 21.3. The van der Waals surface area contributed by atoms with E-state index >= 15 is 0 Å². The van der Waals surface area contributed by atoms with Gasteiger partial charge in [-0.3, -0.25) is 4.79 Å². The van der Waals surface area contributed by atoms with Crippen molar-refractivity contribution in [2.24, 2.45) is 0 Å². The number of thioether (sulfide) groups is 1. The van der Waals surface area contributed by atoms with Crippen molar-refractivity contribution in [2.75, 3.05) is 12.5 Å². The Morgan fingerprint density at radius 3 is 2.76 bits per heavy atom. The number of rotatable bonds is 6. The van der Waals surface area contributed by atoms with Gasteiger partial charge in [0.15, 0.2) is 11.5 Å². The van der Waals surface area contributed by atoms with Gasteiger partial charge in [0.05, 0.1) is 23.3 Å². The van der Waals surface area contributed by atoms with E-state index in [1.54, 1.807) is 6.20 Å². The summed E-state index contributed by atoms with van der Waals surface area (Å²) in [5.41, 5.74) is 5.97. The molecule has 0 saturated heterocycles. The van der Waals surface area contributed by atoms with Crippen molar-refractivity contribution in [3.8, 4) is 17.2 Å². The lowest BCUT2D eigenvalue weighted by atomic mass is 10.1. The molecule has 2 aromatic heterocycles. The second-order valence-electron chi connectivity index (χ2n) is 7.93. The number of carbonyl (C=O) groups excluding carboxylic acids is 1. The summed E-state index contributed by atoms with van der Waals surface area (Å²) in [6.07, 6.45) is 1.80. The Labute approximate surface area is 195 Å². The summed E-state index contributed by atoms with van der Waals surface area (Å²) in [5, 5.41) is 17.8. The van der Waals surface area contributed by atoms with Gasteiger partial charge >= 0.3 is 0 Å². The average molecular weight is 462 g/mol. The summed E-state index contributed by atoms with van der Waals surface area (Å²) >= 11 is 1.35. The lowest BCUT2D eigenvalue weighted by Gasteiger charge is -2.10. The fourth-order valence-electron chi connectivity index (χ4n) is 3.63. The van der Waals surface area contributed by atoms with Gasteiger partial charge < -0.3 is 14.8 Å². The van der Waals surface area contributed by atoms with Crippen molar-refractivity contribution in [3.05, 3.63) is 65.0 Å². The first-order chi connectivity index (χ1) is 16.0. The molecule has 0 unspecified atom stereocenters. The van der Waals surface area contributed by atoms with E-state index in [2.05, 4.69) is 46.6 Å². The van der Waals surface area contributed by atoms with Gasteiger partial charge in [-0.1, -0.05) is 23.9 Å². The molecule has 1 aliphatic rings. The van der Waals surface area contributed by atoms with E-state index in [-0.39, 0.29) is 18.5 Å². The molecule has 0 fully saturated rings. The molecule has 0 aliphatic carbocycles. The fraction of sp³-hybridized carbons (Fsp3) is 0.250. The van der Waals surface area contributed by atoms with E-state index < -0.39 is 0 Å². The van der Waals surface area contributed by atoms with Crippen LogP contribution in [0.5, 0.6) is 11.5 Å². The van der Waals surface area contributed by atoms with Crippen LogP contribution in [-0.4, -0.2) is 38.4 Å². The normalized spacial score (nSPS) is 12.3. The molecule has 1 amide bonds. The number of hydrogen-bond acceptors (Lipinski definition) is 7. The minimum atomic E-state index is -0.0922. The van der Waals surface area contributed by atoms with E-state index in [1.807, 2.05) is 35.9 Å². The fourth-order valence-corrected chi connectivity index (χ4v) is 4.43. The maximum Gasteiger partial charge on any atom is 0.231 e. The summed E-state index contributed by atoms with van der Waals surface area (Å²) in [7, 11) is 0. The lowest BCUT2D eigenvalue weighted by Crippen LogP contribution is -2.24. The average Bonchev–Trinajstić information content (AvgIpc) is 3.46. The largest absolute Gasteiger partial charge is 0.454 e. The van der Waals surface area contributed by atoms with Crippen molar-refractivity contribution < 1.29 is 14.3 Å². The molecule has 0 bridgehead atoms. The highest BCUT2D eigenvalue weighted by Gasteiger charge is 2.17. The number of hydrogen-bond donors (Lipinski definition) is 1. The number of aryl methyl sites for hydroxylation is 3. The second kappa shape index (κ2) is 8.74. The predicted molar refractivity (Wildman–Crippen MR) is 126 cm³/mol. The maximum absolute atomic E-state index is 12.5. The van der Waals surface area contributed by atoms with E-state index in [9.17, 15) is 4.79 Å². The summed E-state index contributed by atoms with van der Waals surface area (Å²) in [5.74, 6) is 1.55. The Morgan fingerprint density at radius 2 is 1.91 bits per heavy atom. The number of nitrogens with one attached hydrogen (secondary N) is 1. The number of carbonyl (C=O) groups is 1. The van der Waals surface area contributed by atoms with Gasteiger partial charge in [-0.15, -0.1) is 5.10 Å². The number of amides is 1. The van der Waals surface area contributed by atoms with Crippen molar-refractivity contribution in [1.82, 2.24) is 25.3 Å². The molecule has 33 heavy (non-hydrogen) atoms. The molecule has 0 atom stereocenters. The summed E-state index contributed by atoms with van der Waals surface area (Å²) in [4.78, 5) is 12.5. The first-order valence-corrected chi connectivity index (χ1v) is 11.5. The standard InChI is InChI=1S/C24H23N5O3S/c1-14-4-6-18(8-15(14)2)29-23-19(11-26-29)16(3)27-28-24(23)33-12-22(30)25-10-17-5-7-20-21(9-17)32-13-31-20/h4-9,11H,10,12-13H2,1-3H3,(H,25,30). The zero-order valence-electron chi connectivity index (χ0n) is 18.6. The molecular formula is C24H23N5O3S. The van der Waals surface area contributed by atoms with Crippen molar-refractivity contribution in [1.29, 1.82) is 0 Å². The van der Waals surface area contributed by atoms with Gasteiger partial charge in [-0.25, -0.2) is 4.68 Å². The molecule has 0 spiro atoms. The van der Waals surface area contributed by atoms with E-state index in [0.717, 1.165) is 33.6 Å². The minimum Gasteiger partial charge on any atom is -0.454 e. The molecule has 2 aromatic carbocycles. The van der Waals surface area contributed by atoms with E-state index in [1.165, 1.54) is 22.9 Å². The number of fused-ring (bicyclic) bond motifs is 2. The molecule has 3 heterocycles. The van der Waals surface area contributed by atoms with Crippen LogP contribution in [0, 0.1) is 20.8 Å². The van der Waals surface area contributed by atoms with Gasteiger partial charge in [0.25, 0.3) is 0 Å². The highest BCUT2D eigenvalue weighted by Crippen LogP contribution is 2.32. The topological polar surface area (TPSA) is 91.2 Å². The quantitative estimate of drug-likeness (QED) is 0.436. The van der Waals surface area contributed by atoms with Crippen molar-refractivity contribution in [2.45, 2.75) is 32.3 Å². The molecule has 1 aliphatic heterocycles. The number of ether oxygens (including phenoxy) is 2. The Kier molecular flexibility index (Phi) is 5.63. The smallest absolute Gasteiger partial charge is 0.231 e. The Hall–Kier alpha value is -3.59. The predicted octanol–water partition coefficient (Wildman–Crippen LogP) is 3.88. The molecular weight excluding hydrogens is 438 g/mol. The van der Waals surface area contributed by atoms with Crippen LogP contribution in [0.15, 0.2) is 47.6 Å². The molecule has 4 aromatic rings. The summed E-state index contributed by atoms with van der Waals surface area (Å²) in [6, 6.07) is 11.9. The Morgan fingerprint density at radius 1 is 1.06 bits per heavy atom. The SMILES string of the molecule is Cc1ccc(-n2ncc3c(C)nnc(SCC(=O)NCc4ccc5c(c4)OCO5)c32)cc1C. The van der Waals surface area contributed by atoms with Crippen LogP contribution in [-0.2, 0) is 11.3 Å². The highest BCUT2D eigenvalue weighted by atomic mass is 32.2. The molecule has 9 heteroatoms. The van der Waals surface area contributed by atoms with Gasteiger partial charge in [-0.05, 0) is 61.7 Å². The van der Waals surface area contributed by atoms with Crippen LogP contribution in [0.25, 0.3) is 16.6 Å². The zero-order valence-corrected chi connectivity index (χ0v) is 19.4. The maximum atomic E-state index is 12.5. The molecule has 1 N–H and O–H groups in total. The second-order valence-corrected chi connectivity index (χ2v) is 8.89. The van der Waals surface area contributed by atoms with Crippen molar-refractivity contribution >= 4 is 28.6 Å². The Balaban J connectivity index is 1.32. The lowest BCUT2D eigenvalue weighted by molar-refractivity contribution is -0.118. The summed E-state index contributed by atoms with van der Waals surface area (Å²) < 4.78 is 12.6. The molecule has 8 nitrogen and oxygen atoms in total. The van der Waals surface area contributed by atoms with Crippen LogP contribution in [0.1, 0.15) is 22.4 Å². The zero-order chi connectivity index (χ0) is 22.9. The number of benzene rings is 2. The summed E-state index contributed by atoms with van der Waals surface area (Å²) in [6.45, 7) is 6.71. The van der Waals surface area contributed by atoms with Gasteiger partial charge in [0.2, 0.25) is 12.7 Å².